The molecule has 1 N–H and O–H groups in total. The molecule has 2 amide bonds. The Morgan fingerprint density at radius 1 is 1.03 bits per heavy atom. The molecule has 2 aliphatic heterocycles. The molecule has 0 radical (unpaired) electrons. The maximum atomic E-state index is 14.2. The minimum absolute atomic E-state index is 0.0309. The summed E-state index contributed by atoms with van der Waals surface area (Å²) in [6, 6.07) is 12.6. The van der Waals surface area contributed by atoms with Crippen molar-refractivity contribution in [1.82, 2.24) is 4.90 Å². The quantitative estimate of drug-likeness (QED) is 0.514. The van der Waals surface area contributed by atoms with E-state index in [9.17, 15) is 19.5 Å². The normalized spacial score (nSPS) is 20.7. The highest BCUT2D eigenvalue weighted by molar-refractivity contribution is 8.01. The lowest BCUT2D eigenvalue weighted by molar-refractivity contribution is -0.145. The number of anilines is 1. The first kappa shape index (κ1) is 28.2. The van der Waals surface area contributed by atoms with Crippen molar-refractivity contribution in [3.8, 4) is 0 Å². The summed E-state index contributed by atoms with van der Waals surface area (Å²) in [5.41, 5.74) is 6.62. The van der Waals surface area contributed by atoms with Crippen molar-refractivity contribution in [3.05, 3.63) is 64.2 Å². The van der Waals surface area contributed by atoms with Crippen LogP contribution in [-0.2, 0) is 14.4 Å². The third kappa shape index (κ3) is 6.09. The maximum Gasteiger partial charge on any atom is 0.306 e. The molecule has 2 heterocycles. The Labute approximate surface area is 230 Å². The van der Waals surface area contributed by atoms with Crippen LogP contribution in [-0.4, -0.2) is 52.7 Å². The highest BCUT2D eigenvalue weighted by atomic mass is 32.2. The molecule has 0 aliphatic carbocycles. The fourth-order valence-corrected chi connectivity index (χ4v) is 7.00. The minimum Gasteiger partial charge on any atom is -0.481 e. The van der Waals surface area contributed by atoms with Gasteiger partial charge in [0.25, 0.3) is 0 Å². The van der Waals surface area contributed by atoms with Crippen LogP contribution in [0.5, 0.6) is 0 Å². The molecular formula is C31H40N2O4S. The molecule has 4 rings (SSSR count). The summed E-state index contributed by atoms with van der Waals surface area (Å²) in [6.07, 6.45) is 1.02. The molecular weight excluding hydrogens is 496 g/mol. The number of rotatable bonds is 5. The second-order valence-corrected chi connectivity index (χ2v) is 13.4. The molecule has 1 fully saturated rings. The topological polar surface area (TPSA) is 77.9 Å². The number of aliphatic carboxylic acids is 1. The maximum absolute atomic E-state index is 14.2. The van der Waals surface area contributed by atoms with Crippen molar-refractivity contribution >= 4 is 35.2 Å². The number of carbonyl (C=O) groups is 3. The molecule has 0 spiro atoms. The van der Waals surface area contributed by atoms with E-state index in [1.54, 1.807) is 16.7 Å². The van der Waals surface area contributed by atoms with Crippen LogP contribution in [0.1, 0.15) is 73.1 Å². The van der Waals surface area contributed by atoms with Crippen LogP contribution in [0.25, 0.3) is 0 Å². The summed E-state index contributed by atoms with van der Waals surface area (Å²) < 4.78 is 0. The van der Waals surface area contributed by atoms with E-state index in [1.807, 2.05) is 4.90 Å². The minimum atomic E-state index is -0.797. The summed E-state index contributed by atoms with van der Waals surface area (Å²) in [6.45, 7) is 14.1. The molecule has 38 heavy (non-hydrogen) atoms. The SMILES string of the molecule is Cc1ccc2c(c1)C(c1cccc(C)c1C)SC(CC(=O)N1CCC(C(=O)O)CC1)C(=O)N2CC(C)(C)C. The average molecular weight is 537 g/mol. The number of likely N-dealkylation sites (tertiary alicyclic amines) is 1. The standard InChI is InChI=1S/C31H40N2O4S/c1-19-10-11-25-24(16-19)28(23-9-7-8-20(2)21(23)3)38-26(29(35)33(25)18-31(4,5)6)17-27(34)32-14-12-22(13-15-32)30(36)37/h7-11,16,22,26,28H,12-15,17-18H2,1-6H3,(H,36,37). The first-order valence-corrected chi connectivity index (χ1v) is 14.4. The summed E-state index contributed by atoms with van der Waals surface area (Å²) in [5, 5.41) is 8.71. The van der Waals surface area contributed by atoms with Gasteiger partial charge in [-0.2, -0.15) is 0 Å². The van der Waals surface area contributed by atoms with Gasteiger partial charge in [0.1, 0.15) is 0 Å². The molecule has 0 bridgehead atoms. The van der Waals surface area contributed by atoms with Crippen LogP contribution in [0.4, 0.5) is 5.69 Å². The molecule has 0 aromatic heterocycles. The Morgan fingerprint density at radius 3 is 2.34 bits per heavy atom. The van der Waals surface area contributed by atoms with Crippen molar-refractivity contribution in [2.75, 3.05) is 24.5 Å². The van der Waals surface area contributed by atoms with E-state index in [4.69, 9.17) is 0 Å². The van der Waals surface area contributed by atoms with Crippen LogP contribution in [0.15, 0.2) is 36.4 Å². The number of carboxylic acids is 1. The summed E-state index contributed by atoms with van der Waals surface area (Å²) in [5.74, 6) is -1.30. The van der Waals surface area contributed by atoms with Gasteiger partial charge in [-0.05, 0) is 67.3 Å². The number of thioether (sulfide) groups is 1. The molecule has 6 nitrogen and oxygen atoms in total. The fraction of sp³-hybridized carbons (Fsp3) is 0.516. The number of benzene rings is 2. The van der Waals surface area contributed by atoms with Crippen LogP contribution in [0, 0.1) is 32.1 Å². The number of hydrogen-bond acceptors (Lipinski definition) is 4. The van der Waals surface area contributed by atoms with Gasteiger partial charge in [0.2, 0.25) is 11.8 Å². The third-order valence-electron chi connectivity index (χ3n) is 7.72. The predicted molar refractivity (Wildman–Crippen MR) is 154 cm³/mol. The first-order chi connectivity index (χ1) is 17.9. The molecule has 2 aliphatic rings. The number of aryl methyl sites for hydroxylation is 2. The summed E-state index contributed by atoms with van der Waals surface area (Å²) in [7, 11) is 0. The number of piperidine rings is 1. The first-order valence-electron chi connectivity index (χ1n) is 13.5. The van der Waals surface area contributed by atoms with Gasteiger partial charge >= 0.3 is 5.97 Å². The number of nitrogens with zero attached hydrogens (tertiary/aromatic N) is 2. The van der Waals surface area contributed by atoms with Crippen LogP contribution in [0.2, 0.25) is 0 Å². The van der Waals surface area contributed by atoms with Crippen LogP contribution < -0.4 is 4.90 Å². The lowest BCUT2D eigenvalue weighted by Gasteiger charge is -2.33. The zero-order valence-electron chi connectivity index (χ0n) is 23.4. The van der Waals surface area contributed by atoms with Gasteiger partial charge in [-0.1, -0.05) is 56.7 Å². The third-order valence-corrected chi connectivity index (χ3v) is 9.19. The van der Waals surface area contributed by atoms with Gasteiger partial charge in [-0.3, -0.25) is 14.4 Å². The van der Waals surface area contributed by atoms with Gasteiger partial charge in [-0.15, -0.1) is 11.8 Å². The van der Waals surface area contributed by atoms with Gasteiger partial charge in [-0.25, -0.2) is 0 Å². The van der Waals surface area contributed by atoms with E-state index in [1.165, 1.54) is 16.7 Å². The number of carboxylic acid groups (broad SMARTS) is 1. The smallest absolute Gasteiger partial charge is 0.306 e. The van der Waals surface area contributed by atoms with Crippen molar-refractivity contribution < 1.29 is 19.5 Å². The Bertz CT molecular complexity index is 1230. The van der Waals surface area contributed by atoms with Crippen molar-refractivity contribution in [3.63, 3.8) is 0 Å². The van der Waals surface area contributed by atoms with Gasteiger partial charge in [0.05, 0.1) is 16.4 Å². The largest absolute Gasteiger partial charge is 0.481 e. The monoisotopic (exact) mass is 536 g/mol. The molecule has 2 aromatic rings. The Morgan fingerprint density at radius 2 is 1.71 bits per heavy atom. The predicted octanol–water partition coefficient (Wildman–Crippen LogP) is 5.91. The van der Waals surface area contributed by atoms with Crippen LogP contribution >= 0.6 is 11.8 Å². The zero-order chi connectivity index (χ0) is 27.8. The number of amides is 2. The Balaban J connectivity index is 1.73. The van der Waals surface area contributed by atoms with Crippen molar-refractivity contribution in [1.29, 1.82) is 0 Å². The van der Waals surface area contributed by atoms with Crippen molar-refractivity contribution in [2.45, 2.75) is 71.3 Å². The molecule has 204 valence electrons. The number of hydrogen-bond donors (Lipinski definition) is 1. The van der Waals surface area contributed by atoms with Crippen LogP contribution in [0.3, 0.4) is 0 Å². The van der Waals surface area contributed by atoms with E-state index in [2.05, 4.69) is 77.9 Å². The van der Waals surface area contributed by atoms with Crippen molar-refractivity contribution in [2.24, 2.45) is 11.3 Å². The Hall–Kier alpha value is -2.80. The van der Waals surface area contributed by atoms with E-state index in [0.29, 0.717) is 32.5 Å². The van der Waals surface area contributed by atoms with E-state index in [-0.39, 0.29) is 28.9 Å². The highest BCUT2D eigenvalue weighted by Gasteiger charge is 2.40. The molecule has 2 aromatic carbocycles. The lowest BCUT2D eigenvalue weighted by Crippen LogP contribution is -2.45. The fourth-order valence-electron chi connectivity index (χ4n) is 5.45. The lowest BCUT2D eigenvalue weighted by atomic mass is 9.92. The van der Waals surface area contributed by atoms with E-state index >= 15 is 0 Å². The molecule has 2 atom stereocenters. The summed E-state index contributed by atoms with van der Waals surface area (Å²) in [4.78, 5) is 42.7. The average Bonchev–Trinajstić information content (AvgIpc) is 2.95. The molecule has 1 saturated heterocycles. The molecule has 0 saturated carbocycles. The number of carbonyl (C=O) groups excluding carboxylic acids is 2. The van der Waals surface area contributed by atoms with E-state index in [0.717, 1.165) is 16.8 Å². The second-order valence-electron chi connectivity index (χ2n) is 12.0. The highest BCUT2D eigenvalue weighted by Crippen LogP contribution is 2.48. The summed E-state index contributed by atoms with van der Waals surface area (Å²) >= 11 is 1.58. The van der Waals surface area contributed by atoms with E-state index < -0.39 is 17.1 Å². The second kappa shape index (κ2) is 11.1. The van der Waals surface area contributed by atoms with Gasteiger partial charge in [0.15, 0.2) is 0 Å². The van der Waals surface area contributed by atoms with Gasteiger partial charge in [0, 0.05) is 31.7 Å². The number of fused-ring (bicyclic) bond motifs is 1. The Kier molecular flexibility index (Phi) is 8.26. The molecule has 2 unspecified atom stereocenters. The zero-order valence-corrected chi connectivity index (χ0v) is 24.2. The molecule has 7 heteroatoms. The van der Waals surface area contributed by atoms with Gasteiger partial charge < -0.3 is 14.9 Å².